The average molecular weight is 377 g/mol. The lowest BCUT2D eigenvalue weighted by Gasteiger charge is -2.15. The molecule has 1 aliphatic rings. The Morgan fingerprint density at radius 1 is 1.22 bits per heavy atom. The van der Waals surface area contributed by atoms with E-state index in [-0.39, 0.29) is 5.91 Å². The molecule has 0 unspecified atom stereocenters. The Morgan fingerprint density at radius 3 is 2.70 bits per heavy atom. The molecule has 2 N–H and O–H groups in total. The van der Waals surface area contributed by atoms with E-state index in [2.05, 4.69) is 22.5 Å². The molecule has 0 radical (unpaired) electrons. The van der Waals surface area contributed by atoms with E-state index in [0.29, 0.717) is 13.0 Å². The minimum atomic E-state index is 0.277. The van der Waals surface area contributed by atoms with Crippen LogP contribution in [0.5, 0.6) is 11.5 Å². The first-order chi connectivity index (χ1) is 13.2. The number of guanidine groups is 1. The summed E-state index contributed by atoms with van der Waals surface area (Å²) in [6.07, 6.45) is 3.43. The van der Waals surface area contributed by atoms with Crippen LogP contribution >= 0.6 is 0 Å². The van der Waals surface area contributed by atoms with Gasteiger partial charge < -0.3 is 25.0 Å². The number of carbonyl (C=O) groups excluding carboxylic acids is 1. The highest BCUT2D eigenvalue weighted by atomic mass is 16.5. The lowest BCUT2D eigenvalue weighted by atomic mass is 10.1. The lowest BCUT2D eigenvalue weighted by Crippen LogP contribution is -2.38. The molecule has 1 saturated heterocycles. The molecule has 1 aromatic carbocycles. The predicted octanol–water partition coefficient (Wildman–Crippen LogP) is 1.81. The molecule has 0 aromatic heterocycles. The van der Waals surface area contributed by atoms with Crippen LogP contribution in [-0.2, 0) is 11.2 Å². The highest BCUT2D eigenvalue weighted by Gasteiger charge is 2.18. The van der Waals surface area contributed by atoms with Crippen LogP contribution in [0.4, 0.5) is 0 Å². The van der Waals surface area contributed by atoms with Gasteiger partial charge in [-0.1, -0.05) is 6.07 Å². The van der Waals surface area contributed by atoms with Crippen LogP contribution in [0.2, 0.25) is 0 Å². The third-order valence-electron chi connectivity index (χ3n) is 4.53. The first-order valence-corrected chi connectivity index (χ1v) is 9.68. The second-order valence-electron chi connectivity index (χ2n) is 6.46. The molecule has 0 atom stereocenters. The number of ether oxygens (including phenoxy) is 2. The summed E-state index contributed by atoms with van der Waals surface area (Å²) in [5, 5.41) is 6.62. The van der Waals surface area contributed by atoms with Crippen LogP contribution < -0.4 is 20.1 Å². The molecule has 2 rings (SSSR count). The van der Waals surface area contributed by atoms with Crippen molar-refractivity contribution in [3.63, 3.8) is 0 Å². The molecule has 7 nitrogen and oxygen atoms in total. The standard InChI is InChI=1S/C20H32N4O3/c1-4-21-20(22-11-6-14-24-13-5-7-19(24)25)23-12-10-16-8-9-17(26-2)18(15-16)27-3/h8-9,15H,4-7,10-14H2,1-3H3,(H2,21,22,23). The van der Waals surface area contributed by atoms with Gasteiger partial charge in [0.25, 0.3) is 0 Å². The van der Waals surface area contributed by atoms with E-state index in [1.165, 1.54) is 5.56 Å². The highest BCUT2D eigenvalue weighted by molar-refractivity contribution is 5.79. The zero-order chi connectivity index (χ0) is 19.5. The Hall–Kier alpha value is -2.44. The maximum absolute atomic E-state index is 11.6. The van der Waals surface area contributed by atoms with Gasteiger partial charge in [0.1, 0.15) is 0 Å². The summed E-state index contributed by atoms with van der Waals surface area (Å²) < 4.78 is 10.6. The quantitative estimate of drug-likeness (QED) is 0.370. The maximum Gasteiger partial charge on any atom is 0.222 e. The van der Waals surface area contributed by atoms with Crippen molar-refractivity contribution in [1.82, 2.24) is 15.5 Å². The Labute approximate surface area is 162 Å². The van der Waals surface area contributed by atoms with E-state index in [0.717, 1.165) is 62.9 Å². The van der Waals surface area contributed by atoms with Crippen molar-refractivity contribution < 1.29 is 14.3 Å². The van der Waals surface area contributed by atoms with Crippen molar-refractivity contribution in [3.8, 4) is 11.5 Å². The number of rotatable bonds is 10. The SMILES string of the molecule is CCNC(=NCCCN1CCCC1=O)NCCc1ccc(OC)c(OC)c1. The van der Waals surface area contributed by atoms with Crippen LogP contribution in [0, 0.1) is 0 Å². The van der Waals surface area contributed by atoms with Crippen LogP contribution in [0.3, 0.4) is 0 Å². The Bertz CT molecular complexity index is 634. The van der Waals surface area contributed by atoms with Crippen molar-refractivity contribution >= 4 is 11.9 Å². The first-order valence-electron chi connectivity index (χ1n) is 9.68. The van der Waals surface area contributed by atoms with Crippen molar-refractivity contribution in [2.75, 3.05) is 46.9 Å². The number of amides is 1. The number of nitrogens with one attached hydrogen (secondary N) is 2. The van der Waals surface area contributed by atoms with Crippen LogP contribution in [0.25, 0.3) is 0 Å². The van der Waals surface area contributed by atoms with Crippen LogP contribution in [-0.4, -0.2) is 63.7 Å². The summed E-state index contributed by atoms with van der Waals surface area (Å²) in [6, 6.07) is 5.96. The fraction of sp³-hybridized carbons (Fsp3) is 0.600. The number of nitrogens with zero attached hydrogens (tertiary/aromatic N) is 2. The number of carbonyl (C=O) groups is 1. The molecule has 0 aliphatic carbocycles. The van der Waals surface area contributed by atoms with E-state index >= 15 is 0 Å². The molecule has 1 heterocycles. The summed E-state index contributed by atoms with van der Waals surface area (Å²) in [5.74, 6) is 2.57. The second kappa shape index (κ2) is 11.3. The monoisotopic (exact) mass is 376 g/mol. The average Bonchev–Trinajstić information content (AvgIpc) is 3.09. The van der Waals surface area contributed by atoms with Gasteiger partial charge in [-0.15, -0.1) is 0 Å². The van der Waals surface area contributed by atoms with E-state index in [9.17, 15) is 4.79 Å². The van der Waals surface area contributed by atoms with Gasteiger partial charge in [0.2, 0.25) is 5.91 Å². The largest absolute Gasteiger partial charge is 0.493 e. The molecule has 150 valence electrons. The zero-order valence-corrected chi connectivity index (χ0v) is 16.7. The van der Waals surface area contributed by atoms with Gasteiger partial charge >= 0.3 is 0 Å². The fourth-order valence-electron chi connectivity index (χ4n) is 3.10. The molecule has 7 heteroatoms. The van der Waals surface area contributed by atoms with Gasteiger partial charge in [-0.3, -0.25) is 9.79 Å². The predicted molar refractivity (Wildman–Crippen MR) is 108 cm³/mol. The van der Waals surface area contributed by atoms with Crippen molar-refractivity contribution in [2.24, 2.45) is 4.99 Å². The molecule has 1 aromatic rings. The third-order valence-corrected chi connectivity index (χ3v) is 4.53. The van der Waals surface area contributed by atoms with E-state index in [4.69, 9.17) is 9.47 Å². The van der Waals surface area contributed by atoms with Crippen LogP contribution in [0.15, 0.2) is 23.2 Å². The molecule has 27 heavy (non-hydrogen) atoms. The zero-order valence-electron chi connectivity index (χ0n) is 16.7. The lowest BCUT2D eigenvalue weighted by molar-refractivity contribution is -0.127. The number of likely N-dealkylation sites (tertiary alicyclic amines) is 1. The topological polar surface area (TPSA) is 75.2 Å². The van der Waals surface area contributed by atoms with Gasteiger partial charge in [0.05, 0.1) is 14.2 Å². The van der Waals surface area contributed by atoms with Gasteiger partial charge in [-0.05, 0) is 43.9 Å². The van der Waals surface area contributed by atoms with Gasteiger partial charge in [-0.25, -0.2) is 0 Å². The third kappa shape index (κ3) is 6.66. The van der Waals surface area contributed by atoms with E-state index in [1.54, 1.807) is 14.2 Å². The molecule has 0 spiro atoms. The molecule has 1 aliphatic heterocycles. The first kappa shape index (κ1) is 20.9. The van der Waals surface area contributed by atoms with Crippen molar-refractivity contribution in [1.29, 1.82) is 0 Å². The minimum Gasteiger partial charge on any atom is -0.493 e. The molecule has 1 fully saturated rings. The highest BCUT2D eigenvalue weighted by Crippen LogP contribution is 2.27. The summed E-state index contributed by atoms with van der Waals surface area (Å²) in [4.78, 5) is 18.2. The number of hydrogen-bond acceptors (Lipinski definition) is 4. The fourth-order valence-corrected chi connectivity index (χ4v) is 3.10. The van der Waals surface area contributed by atoms with Gasteiger partial charge in [0, 0.05) is 39.1 Å². The number of aliphatic imine (C=N–C) groups is 1. The van der Waals surface area contributed by atoms with Crippen LogP contribution in [0.1, 0.15) is 31.7 Å². The number of methoxy groups -OCH3 is 2. The molecular formula is C20H32N4O3. The minimum absolute atomic E-state index is 0.277. The smallest absolute Gasteiger partial charge is 0.222 e. The summed E-state index contributed by atoms with van der Waals surface area (Å²) in [5.41, 5.74) is 1.17. The Morgan fingerprint density at radius 2 is 2.04 bits per heavy atom. The van der Waals surface area contributed by atoms with Gasteiger partial charge in [0.15, 0.2) is 17.5 Å². The normalized spacial score (nSPS) is 14.4. The Kier molecular flexibility index (Phi) is 8.74. The Balaban J connectivity index is 1.77. The second-order valence-corrected chi connectivity index (χ2v) is 6.46. The maximum atomic E-state index is 11.6. The summed E-state index contributed by atoms with van der Waals surface area (Å²) >= 11 is 0. The van der Waals surface area contributed by atoms with E-state index < -0.39 is 0 Å². The molecular weight excluding hydrogens is 344 g/mol. The molecule has 1 amide bonds. The van der Waals surface area contributed by atoms with Crippen molar-refractivity contribution in [3.05, 3.63) is 23.8 Å². The van der Waals surface area contributed by atoms with E-state index in [1.807, 2.05) is 23.1 Å². The van der Waals surface area contributed by atoms with Gasteiger partial charge in [-0.2, -0.15) is 0 Å². The summed E-state index contributed by atoms with van der Waals surface area (Å²) in [7, 11) is 3.28. The molecule has 0 saturated carbocycles. The number of hydrogen-bond donors (Lipinski definition) is 2. The number of benzene rings is 1. The van der Waals surface area contributed by atoms with Crippen molar-refractivity contribution in [2.45, 2.75) is 32.6 Å². The summed E-state index contributed by atoms with van der Waals surface area (Å²) in [6.45, 7) is 6.03. The molecule has 0 bridgehead atoms.